The molecule has 2 aliphatic heterocycles. The third kappa shape index (κ3) is 3.14. The highest BCUT2D eigenvalue weighted by Crippen LogP contribution is 2.43. The molecule has 0 aromatic carbocycles. The molecule has 1 N–H and O–H groups in total. The number of anilines is 1. The minimum absolute atomic E-state index is 0.166. The second-order valence-electron chi connectivity index (χ2n) is 8.21. The zero-order chi connectivity index (χ0) is 17.4. The fourth-order valence-electron chi connectivity index (χ4n) is 4.96. The molecule has 136 valence electrons. The van der Waals surface area contributed by atoms with E-state index in [4.69, 9.17) is 0 Å². The number of aliphatic hydroxyl groups is 1. The molecule has 1 aliphatic carbocycles. The van der Waals surface area contributed by atoms with Crippen molar-refractivity contribution in [3.05, 3.63) is 23.9 Å². The van der Waals surface area contributed by atoms with Gasteiger partial charge in [0.05, 0.1) is 11.5 Å². The van der Waals surface area contributed by atoms with E-state index >= 15 is 0 Å². The van der Waals surface area contributed by atoms with Crippen LogP contribution in [-0.4, -0.2) is 52.7 Å². The number of hydrogen-bond acceptors (Lipinski definition) is 4. The molecular formula is C20H29N3O2. The molecule has 1 aromatic rings. The van der Waals surface area contributed by atoms with E-state index < -0.39 is 0 Å². The summed E-state index contributed by atoms with van der Waals surface area (Å²) >= 11 is 0. The van der Waals surface area contributed by atoms with Gasteiger partial charge in [-0.1, -0.05) is 0 Å². The molecule has 1 amide bonds. The normalized spacial score (nSPS) is 33.3. The minimum atomic E-state index is -0.222. The summed E-state index contributed by atoms with van der Waals surface area (Å²) in [7, 11) is 0. The van der Waals surface area contributed by atoms with E-state index in [1.807, 2.05) is 12.3 Å². The van der Waals surface area contributed by atoms with E-state index in [0.717, 1.165) is 70.4 Å². The molecule has 4 rings (SSSR count). The maximum absolute atomic E-state index is 13.3. The van der Waals surface area contributed by atoms with Crippen LogP contribution in [0.1, 0.15) is 50.5 Å². The predicted octanol–water partition coefficient (Wildman–Crippen LogP) is 2.51. The number of aromatic nitrogens is 1. The molecule has 0 bridgehead atoms. The fourth-order valence-corrected chi connectivity index (χ4v) is 4.96. The number of carbonyl (C=O) groups excluding carboxylic acids is 1. The lowest BCUT2D eigenvalue weighted by molar-refractivity contribution is -0.139. The molecule has 1 atom stereocenters. The number of likely N-dealkylation sites (tertiary alicyclic amines) is 1. The molecule has 25 heavy (non-hydrogen) atoms. The van der Waals surface area contributed by atoms with Gasteiger partial charge in [-0.05, 0) is 69.6 Å². The third-order valence-corrected chi connectivity index (χ3v) is 6.45. The lowest BCUT2D eigenvalue weighted by Gasteiger charge is -2.41. The first-order chi connectivity index (χ1) is 12.1. The fraction of sp³-hybridized carbons (Fsp3) is 0.700. The third-order valence-electron chi connectivity index (χ3n) is 6.45. The number of carbonyl (C=O) groups is 1. The number of hydrogen-bond donors (Lipinski definition) is 1. The predicted molar refractivity (Wildman–Crippen MR) is 97.4 cm³/mol. The second-order valence-corrected chi connectivity index (χ2v) is 8.21. The average Bonchev–Trinajstić information content (AvgIpc) is 2.92. The van der Waals surface area contributed by atoms with Crippen molar-refractivity contribution >= 4 is 11.7 Å². The van der Waals surface area contributed by atoms with Crippen LogP contribution in [0.4, 0.5) is 5.82 Å². The van der Waals surface area contributed by atoms with Crippen LogP contribution < -0.4 is 4.90 Å². The SMILES string of the molecule is Cc1ccnc(N2CCCC3(CCN(C4CCC(O)CC4)C3=O)C2)c1. The second kappa shape index (κ2) is 6.60. The Hall–Kier alpha value is -1.62. The van der Waals surface area contributed by atoms with Crippen LogP contribution >= 0.6 is 0 Å². The standard InChI is InChI=1S/C20H29N3O2/c1-15-7-10-21-18(13-15)22-11-2-8-20(14-22)9-12-23(19(20)25)16-3-5-17(24)6-4-16/h7,10,13,16-17,24H,2-6,8-9,11-12,14H2,1H3. The van der Waals surface area contributed by atoms with Gasteiger partial charge in [0.25, 0.3) is 0 Å². The van der Waals surface area contributed by atoms with Crippen LogP contribution in [0, 0.1) is 12.3 Å². The van der Waals surface area contributed by atoms with Crippen molar-refractivity contribution in [1.82, 2.24) is 9.88 Å². The van der Waals surface area contributed by atoms with Gasteiger partial charge in [-0.15, -0.1) is 0 Å². The highest BCUT2D eigenvalue weighted by molar-refractivity contribution is 5.86. The van der Waals surface area contributed by atoms with Gasteiger partial charge >= 0.3 is 0 Å². The summed E-state index contributed by atoms with van der Waals surface area (Å²) in [5.74, 6) is 1.36. The monoisotopic (exact) mass is 343 g/mol. The summed E-state index contributed by atoms with van der Waals surface area (Å²) < 4.78 is 0. The van der Waals surface area contributed by atoms with Gasteiger partial charge in [0.15, 0.2) is 0 Å². The number of rotatable bonds is 2. The number of amides is 1. The van der Waals surface area contributed by atoms with Crippen molar-refractivity contribution in [2.45, 2.75) is 64.0 Å². The lowest BCUT2D eigenvalue weighted by atomic mass is 9.78. The molecule has 3 heterocycles. The van der Waals surface area contributed by atoms with Crippen LogP contribution in [0.2, 0.25) is 0 Å². The first kappa shape index (κ1) is 16.8. The highest BCUT2D eigenvalue weighted by atomic mass is 16.3. The first-order valence-electron chi connectivity index (χ1n) is 9.74. The van der Waals surface area contributed by atoms with Crippen molar-refractivity contribution in [3.8, 4) is 0 Å². The molecule has 3 fully saturated rings. The summed E-state index contributed by atoms with van der Waals surface area (Å²) in [5.41, 5.74) is 0.990. The van der Waals surface area contributed by atoms with Gasteiger partial charge in [-0.25, -0.2) is 4.98 Å². The van der Waals surface area contributed by atoms with Crippen LogP contribution in [-0.2, 0) is 4.79 Å². The topological polar surface area (TPSA) is 56.7 Å². The van der Waals surface area contributed by atoms with Crippen LogP contribution in [0.25, 0.3) is 0 Å². The summed E-state index contributed by atoms with van der Waals surface area (Å²) in [5, 5.41) is 9.74. The number of nitrogens with zero attached hydrogens (tertiary/aromatic N) is 3. The van der Waals surface area contributed by atoms with Gasteiger partial charge < -0.3 is 14.9 Å². The Morgan fingerprint density at radius 3 is 2.76 bits per heavy atom. The Bertz CT molecular complexity index is 642. The summed E-state index contributed by atoms with van der Waals surface area (Å²) in [6.07, 6.45) is 8.29. The number of piperidine rings is 1. The molecule has 1 aromatic heterocycles. The van der Waals surface area contributed by atoms with Gasteiger partial charge in [0.2, 0.25) is 5.91 Å². The van der Waals surface area contributed by atoms with E-state index in [0.29, 0.717) is 11.9 Å². The average molecular weight is 343 g/mol. The molecule has 1 unspecified atom stereocenters. The molecule has 5 heteroatoms. The van der Waals surface area contributed by atoms with Crippen LogP contribution in [0.3, 0.4) is 0 Å². The van der Waals surface area contributed by atoms with Crippen molar-refractivity contribution in [3.63, 3.8) is 0 Å². The Kier molecular flexibility index (Phi) is 4.44. The Morgan fingerprint density at radius 1 is 1.20 bits per heavy atom. The van der Waals surface area contributed by atoms with Crippen LogP contribution in [0.15, 0.2) is 18.3 Å². The number of aryl methyl sites for hydroxylation is 1. The quantitative estimate of drug-likeness (QED) is 0.896. The maximum atomic E-state index is 13.3. The van der Waals surface area contributed by atoms with E-state index in [2.05, 4.69) is 27.8 Å². The molecule has 0 radical (unpaired) electrons. The Morgan fingerprint density at radius 2 is 2.00 bits per heavy atom. The van der Waals surface area contributed by atoms with Crippen molar-refractivity contribution in [2.75, 3.05) is 24.5 Å². The first-order valence-corrected chi connectivity index (χ1v) is 9.74. The largest absolute Gasteiger partial charge is 0.393 e. The molecule has 3 aliphatic rings. The lowest BCUT2D eigenvalue weighted by Crippen LogP contribution is -2.50. The van der Waals surface area contributed by atoms with E-state index in [9.17, 15) is 9.90 Å². The molecule has 2 saturated heterocycles. The van der Waals surface area contributed by atoms with Crippen LogP contribution in [0.5, 0.6) is 0 Å². The van der Waals surface area contributed by atoms with Gasteiger partial charge in [-0.2, -0.15) is 0 Å². The summed E-state index contributed by atoms with van der Waals surface area (Å²) in [6.45, 7) is 4.76. The zero-order valence-electron chi connectivity index (χ0n) is 15.2. The minimum Gasteiger partial charge on any atom is -0.393 e. The maximum Gasteiger partial charge on any atom is 0.230 e. The number of aliphatic hydroxyl groups excluding tert-OH is 1. The van der Waals surface area contributed by atoms with E-state index in [-0.39, 0.29) is 11.5 Å². The zero-order valence-corrected chi connectivity index (χ0v) is 15.2. The van der Waals surface area contributed by atoms with E-state index in [1.54, 1.807) is 0 Å². The summed E-state index contributed by atoms with van der Waals surface area (Å²) in [4.78, 5) is 22.3. The highest BCUT2D eigenvalue weighted by Gasteiger charge is 2.50. The van der Waals surface area contributed by atoms with E-state index in [1.165, 1.54) is 5.56 Å². The van der Waals surface area contributed by atoms with Gasteiger partial charge in [-0.3, -0.25) is 4.79 Å². The van der Waals surface area contributed by atoms with Crippen molar-refractivity contribution in [1.29, 1.82) is 0 Å². The Balaban J connectivity index is 1.49. The molecule has 1 spiro atoms. The van der Waals surface area contributed by atoms with Gasteiger partial charge in [0.1, 0.15) is 5.82 Å². The molecular weight excluding hydrogens is 314 g/mol. The number of pyridine rings is 1. The van der Waals surface area contributed by atoms with Crippen molar-refractivity contribution in [2.24, 2.45) is 5.41 Å². The Labute approximate surface area is 150 Å². The van der Waals surface area contributed by atoms with Crippen molar-refractivity contribution < 1.29 is 9.90 Å². The smallest absolute Gasteiger partial charge is 0.230 e. The molecule has 1 saturated carbocycles. The summed E-state index contributed by atoms with van der Waals surface area (Å²) in [6, 6.07) is 4.48. The van der Waals surface area contributed by atoms with Gasteiger partial charge in [0, 0.05) is 31.9 Å². The molecule has 5 nitrogen and oxygen atoms in total.